The number of carbonyl (C=O) groups excluding carboxylic acids is 1. The molecule has 3 N–H and O–H groups in total. The Morgan fingerprint density at radius 2 is 2.33 bits per heavy atom. The fourth-order valence-electron chi connectivity index (χ4n) is 1.32. The van der Waals surface area contributed by atoms with Gasteiger partial charge in [-0.2, -0.15) is 0 Å². The molecule has 0 saturated carbocycles. The Kier molecular flexibility index (Phi) is 3.85. The van der Waals surface area contributed by atoms with E-state index in [0.29, 0.717) is 28.0 Å². The normalized spacial score (nSPS) is 10.1. The number of methoxy groups -OCH3 is 1. The van der Waals surface area contributed by atoms with Gasteiger partial charge in [0.05, 0.1) is 7.11 Å². The second-order valence-corrected chi connectivity index (χ2v) is 4.45. The van der Waals surface area contributed by atoms with Gasteiger partial charge in [0.2, 0.25) is 5.13 Å². The molecule has 0 bridgehead atoms. The van der Waals surface area contributed by atoms with Gasteiger partial charge in [-0.05, 0) is 18.2 Å². The lowest BCUT2D eigenvalue weighted by Gasteiger charge is -2.03. The highest BCUT2D eigenvalue weighted by Crippen LogP contribution is 2.17. The zero-order valence-electron chi connectivity index (χ0n) is 9.71. The summed E-state index contributed by atoms with van der Waals surface area (Å²) in [5.41, 5.74) is 5.92. The average molecular weight is 264 g/mol. The van der Waals surface area contributed by atoms with Crippen LogP contribution in [0.5, 0.6) is 5.75 Å². The van der Waals surface area contributed by atoms with Crippen molar-refractivity contribution < 1.29 is 9.53 Å². The molecule has 1 aromatic heterocycles. The van der Waals surface area contributed by atoms with Crippen molar-refractivity contribution in [1.82, 2.24) is 10.2 Å². The molecule has 6 nitrogen and oxygen atoms in total. The van der Waals surface area contributed by atoms with Crippen LogP contribution in [-0.2, 0) is 6.54 Å². The molecule has 0 aliphatic rings. The van der Waals surface area contributed by atoms with E-state index >= 15 is 0 Å². The van der Waals surface area contributed by atoms with Crippen LogP contribution >= 0.6 is 11.3 Å². The van der Waals surface area contributed by atoms with Crippen LogP contribution in [0.25, 0.3) is 0 Å². The molecule has 2 rings (SSSR count). The molecule has 0 aliphatic carbocycles. The monoisotopic (exact) mass is 264 g/mol. The summed E-state index contributed by atoms with van der Waals surface area (Å²) in [5, 5.41) is 11.4. The summed E-state index contributed by atoms with van der Waals surface area (Å²) in [4.78, 5) is 11.9. The number of nitrogens with zero attached hydrogens (tertiary/aromatic N) is 2. The maximum Gasteiger partial charge on any atom is 0.257 e. The maximum atomic E-state index is 11.9. The van der Waals surface area contributed by atoms with Crippen LogP contribution in [0, 0.1) is 0 Å². The summed E-state index contributed by atoms with van der Waals surface area (Å²) in [6.07, 6.45) is 0. The first kappa shape index (κ1) is 12.5. The van der Waals surface area contributed by atoms with Gasteiger partial charge in [0.1, 0.15) is 10.8 Å². The number of nitrogens with two attached hydrogens (primary N) is 1. The van der Waals surface area contributed by atoms with Gasteiger partial charge in [-0.3, -0.25) is 10.1 Å². The average Bonchev–Trinajstić information content (AvgIpc) is 2.86. The zero-order valence-corrected chi connectivity index (χ0v) is 10.5. The van der Waals surface area contributed by atoms with Crippen LogP contribution in [0.3, 0.4) is 0 Å². The van der Waals surface area contributed by atoms with Crippen LogP contribution in [0.15, 0.2) is 24.3 Å². The van der Waals surface area contributed by atoms with E-state index in [2.05, 4.69) is 15.5 Å². The predicted octanol–water partition coefficient (Wildman–Crippen LogP) is 1.26. The van der Waals surface area contributed by atoms with Gasteiger partial charge >= 0.3 is 0 Å². The molecule has 1 heterocycles. The molecule has 18 heavy (non-hydrogen) atoms. The van der Waals surface area contributed by atoms with E-state index in [9.17, 15) is 4.79 Å². The molecule has 1 amide bonds. The first-order chi connectivity index (χ1) is 8.72. The minimum atomic E-state index is -0.256. The molecule has 2 aromatic rings. The summed E-state index contributed by atoms with van der Waals surface area (Å²) in [7, 11) is 1.55. The van der Waals surface area contributed by atoms with Gasteiger partial charge in [-0.15, -0.1) is 10.2 Å². The number of hydrogen-bond donors (Lipinski definition) is 2. The van der Waals surface area contributed by atoms with Gasteiger partial charge < -0.3 is 10.5 Å². The highest BCUT2D eigenvalue weighted by Gasteiger charge is 2.10. The fourth-order valence-corrected chi connectivity index (χ4v) is 1.93. The molecule has 1 aromatic carbocycles. The Hall–Kier alpha value is -1.99. The van der Waals surface area contributed by atoms with Gasteiger partial charge in [-0.25, -0.2) is 0 Å². The van der Waals surface area contributed by atoms with E-state index in [1.807, 2.05) is 0 Å². The van der Waals surface area contributed by atoms with Crippen molar-refractivity contribution in [3.05, 3.63) is 34.8 Å². The summed E-state index contributed by atoms with van der Waals surface area (Å²) in [5.74, 6) is 0.371. The van der Waals surface area contributed by atoms with E-state index < -0.39 is 0 Å². The molecule has 0 saturated heterocycles. The van der Waals surface area contributed by atoms with E-state index in [-0.39, 0.29) is 5.91 Å². The van der Waals surface area contributed by atoms with Crippen LogP contribution in [0.2, 0.25) is 0 Å². The second kappa shape index (κ2) is 5.56. The molecule has 0 aliphatic heterocycles. The zero-order chi connectivity index (χ0) is 13.0. The number of amides is 1. The van der Waals surface area contributed by atoms with Crippen molar-refractivity contribution >= 4 is 22.4 Å². The number of carbonyl (C=O) groups is 1. The van der Waals surface area contributed by atoms with Crippen LogP contribution in [0.4, 0.5) is 5.13 Å². The lowest BCUT2D eigenvalue weighted by Crippen LogP contribution is -2.11. The van der Waals surface area contributed by atoms with Crippen molar-refractivity contribution in [2.75, 3.05) is 12.4 Å². The van der Waals surface area contributed by atoms with Crippen molar-refractivity contribution in [2.24, 2.45) is 5.73 Å². The van der Waals surface area contributed by atoms with Gasteiger partial charge in [0.15, 0.2) is 0 Å². The van der Waals surface area contributed by atoms with Gasteiger partial charge in [0.25, 0.3) is 5.91 Å². The molecule has 0 spiro atoms. The number of aromatic nitrogens is 2. The largest absolute Gasteiger partial charge is 0.497 e. The molecule has 0 unspecified atom stereocenters. The highest BCUT2D eigenvalue weighted by molar-refractivity contribution is 7.15. The van der Waals surface area contributed by atoms with Crippen molar-refractivity contribution in [3.63, 3.8) is 0 Å². The lowest BCUT2D eigenvalue weighted by molar-refractivity contribution is 0.102. The molecular formula is C11H12N4O2S. The SMILES string of the molecule is COc1cccc(C(=O)Nc2nnc(CN)s2)c1. The summed E-state index contributed by atoms with van der Waals surface area (Å²) in [6.45, 7) is 0.312. The number of ether oxygens (including phenoxy) is 1. The van der Waals surface area contributed by atoms with Crippen LogP contribution in [-0.4, -0.2) is 23.2 Å². The number of hydrogen-bond acceptors (Lipinski definition) is 6. The lowest BCUT2D eigenvalue weighted by atomic mass is 10.2. The van der Waals surface area contributed by atoms with Crippen molar-refractivity contribution in [3.8, 4) is 5.75 Å². The fraction of sp³-hybridized carbons (Fsp3) is 0.182. The van der Waals surface area contributed by atoms with Gasteiger partial charge in [0, 0.05) is 12.1 Å². The first-order valence-electron chi connectivity index (χ1n) is 5.21. The van der Waals surface area contributed by atoms with Crippen LogP contribution in [0.1, 0.15) is 15.4 Å². The number of benzene rings is 1. The molecule has 7 heteroatoms. The summed E-state index contributed by atoms with van der Waals surface area (Å²) in [6, 6.07) is 6.87. The maximum absolute atomic E-state index is 11.9. The van der Waals surface area contributed by atoms with Crippen LogP contribution < -0.4 is 15.8 Å². The van der Waals surface area contributed by atoms with Gasteiger partial charge in [-0.1, -0.05) is 17.4 Å². The van der Waals surface area contributed by atoms with E-state index in [1.54, 1.807) is 31.4 Å². The topological polar surface area (TPSA) is 90.1 Å². The molecular weight excluding hydrogens is 252 g/mol. The van der Waals surface area contributed by atoms with E-state index in [0.717, 1.165) is 0 Å². The smallest absolute Gasteiger partial charge is 0.257 e. The third-order valence-electron chi connectivity index (χ3n) is 2.19. The van der Waals surface area contributed by atoms with Crippen molar-refractivity contribution in [2.45, 2.75) is 6.54 Å². The minimum Gasteiger partial charge on any atom is -0.497 e. The second-order valence-electron chi connectivity index (χ2n) is 3.39. The third-order valence-corrected chi connectivity index (χ3v) is 3.05. The summed E-state index contributed by atoms with van der Waals surface area (Å²) >= 11 is 1.26. The molecule has 0 radical (unpaired) electrons. The third kappa shape index (κ3) is 2.82. The molecule has 94 valence electrons. The van der Waals surface area contributed by atoms with E-state index in [1.165, 1.54) is 11.3 Å². The number of rotatable bonds is 4. The Morgan fingerprint density at radius 3 is 3.00 bits per heavy atom. The Balaban J connectivity index is 2.11. The number of anilines is 1. The predicted molar refractivity (Wildman–Crippen MR) is 68.7 cm³/mol. The first-order valence-corrected chi connectivity index (χ1v) is 6.02. The minimum absolute atomic E-state index is 0.256. The Bertz CT molecular complexity index is 555. The highest BCUT2D eigenvalue weighted by atomic mass is 32.1. The molecule has 0 atom stereocenters. The Morgan fingerprint density at radius 1 is 1.50 bits per heavy atom. The molecule has 0 fully saturated rings. The number of nitrogens with one attached hydrogen (secondary N) is 1. The van der Waals surface area contributed by atoms with E-state index in [4.69, 9.17) is 10.5 Å². The standard InChI is InChI=1S/C11H12N4O2S/c1-17-8-4-2-3-7(5-8)10(16)13-11-15-14-9(6-12)18-11/h2-5H,6,12H2,1H3,(H,13,15,16). The van der Waals surface area contributed by atoms with Crippen molar-refractivity contribution in [1.29, 1.82) is 0 Å². The quantitative estimate of drug-likeness (QED) is 0.867. The Labute approximate surface area is 108 Å². The summed E-state index contributed by atoms with van der Waals surface area (Å²) < 4.78 is 5.05.